The third-order valence-corrected chi connectivity index (χ3v) is 5.15. The average Bonchev–Trinajstić information content (AvgIpc) is 3.14. The van der Waals surface area contributed by atoms with Crippen LogP contribution in [0.4, 0.5) is 0 Å². The summed E-state index contributed by atoms with van der Waals surface area (Å²) in [5, 5.41) is 11.8. The molecule has 1 aromatic heterocycles. The van der Waals surface area contributed by atoms with Crippen LogP contribution in [0.1, 0.15) is 24.0 Å². The monoisotopic (exact) mass is 461 g/mol. The summed E-state index contributed by atoms with van der Waals surface area (Å²) in [5.41, 5.74) is 2.88. The van der Waals surface area contributed by atoms with Crippen LogP contribution in [0.5, 0.6) is 0 Å². The molecule has 1 aromatic carbocycles. The maximum Gasteiger partial charge on any atom is 0.191 e. The first kappa shape index (κ1) is 18.5. The van der Waals surface area contributed by atoms with E-state index in [4.69, 9.17) is 11.6 Å². The second kappa shape index (κ2) is 8.35. The zero-order chi connectivity index (χ0) is 15.4. The van der Waals surface area contributed by atoms with Gasteiger partial charge in [0.1, 0.15) is 0 Å². The molecule has 6 heteroatoms. The van der Waals surface area contributed by atoms with Gasteiger partial charge in [0, 0.05) is 30.6 Å². The Hall–Kier alpha value is -0.790. The van der Waals surface area contributed by atoms with Crippen molar-refractivity contribution in [3.63, 3.8) is 0 Å². The van der Waals surface area contributed by atoms with Gasteiger partial charge in [0.25, 0.3) is 0 Å². The summed E-state index contributed by atoms with van der Waals surface area (Å²) < 4.78 is 0. The van der Waals surface area contributed by atoms with Crippen LogP contribution >= 0.6 is 46.9 Å². The Morgan fingerprint density at radius 3 is 2.52 bits per heavy atom. The van der Waals surface area contributed by atoms with Gasteiger partial charge in [0.2, 0.25) is 0 Å². The molecule has 1 heterocycles. The van der Waals surface area contributed by atoms with Gasteiger partial charge in [-0.25, -0.2) is 0 Å². The fourth-order valence-electron chi connectivity index (χ4n) is 2.57. The standard InChI is InChI=1S/C17H20ClN3S.HI/c1-19-16(20-10-13-6-9-22-11-13)21-12-17(7-8-17)14-2-4-15(18)5-3-14;/h2-6,9,11H,7-8,10,12H2,1H3,(H2,19,20,21);1H. The van der Waals surface area contributed by atoms with Crippen molar-refractivity contribution in [1.29, 1.82) is 0 Å². The van der Waals surface area contributed by atoms with Gasteiger partial charge in [-0.1, -0.05) is 23.7 Å². The van der Waals surface area contributed by atoms with Crippen molar-refractivity contribution in [2.75, 3.05) is 13.6 Å². The molecule has 2 aromatic rings. The molecule has 0 spiro atoms. The topological polar surface area (TPSA) is 36.4 Å². The lowest BCUT2D eigenvalue weighted by Crippen LogP contribution is -2.40. The smallest absolute Gasteiger partial charge is 0.191 e. The fraction of sp³-hybridized carbons (Fsp3) is 0.353. The first-order valence-electron chi connectivity index (χ1n) is 7.43. The fourth-order valence-corrected chi connectivity index (χ4v) is 3.37. The summed E-state index contributed by atoms with van der Waals surface area (Å²) in [6, 6.07) is 10.3. The van der Waals surface area contributed by atoms with Crippen LogP contribution in [0.15, 0.2) is 46.1 Å². The minimum absolute atomic E-state index is 0. The van der Waals surface area contributed by atoms with Crippen molar-refractivity contribution in [2.24, 2.45) is 4.99 Å². The molecular formula is C17H21ClIN3S. The van der Waals surface area contributed by atoms with Gasteiger partial charge in [-0.3, -0.25) is 4.99 Å². The van der Waals surface area contributed by atoms with E-state index in [1.54, 1.807) is 11.3 Å². The van der Waals surface area contributed by atoms with Crippen molar-refractivity contribution in [1.82, 2.24) is 10.6 Å². The Bertz CT molecular complexity index is 636. The first-order chi connectivity index (χ1) is 10.7. The van der Waals surface area contributed by atoms with Gasteiger partial charge in [0.15, 0.2) is 5.96 Å². The number of rotatable bonds is 5. The lowest BCUT2D eigenvalue weighted by Gasteiger charge is -2.19. The highest BCUT2D eigenvalue weighted by Gasteiger charge is 2.44. The lowest BCUT2D eigenvalue weighted by atomic mass is 9.96. The number of nitrogens with zero attached hydrogens (tertiary/aromatic N) is 1. The molecule has 1 fully saturated rings. The largest absolute Gasteiger partial charge is 0.356 e. The Balaban J connectivity index is 0.00000192. The third kappa shape index (κ3) is 4.84. The molecule has 1 saturated carbocycles. The minimum atomic E-state index is 0. The lowest BCUT2D eigenvalue weighted by molar-refractivity contribution is 0.646. The Kier molecular flexibility index (Phi) is 6.73. The van der Waals surface area contributed by atoms with Gasteiger partial charge in [-0.05, 0) is 52.9 Å². The molecule has 0 amide bonds. The van der Waals surface area contributed by atoms with E-state index in [1.165, 1.54) is 24.0 Å². The number of hydrogen-bond acceptors (Lipinski definition) is 2. The highest BCUT2D eigenvalue weighted by Crippen LogP contribution is 2.47. The number of benzene rings is 1. The van der Waals surface area contributed by atoms with Crippen LogP contribution in [0.3, 0.4) is 0 Å². The predicted octanol–water partition coefficient (Wildman–Crippen LogP) is 4.42. The van der Waals surface area contributed by atoms with Crippen molar-refractivity contribution < 1.29 is 0 Å². The quantitative estimate of drug-likeness (QED) is 0.393. The zero-order valence-electron chi connectivity index (χ0n) is 13.0. The van der Waals surface area contributed by atoms with Gasteiger partial charge in [0.05, 0.1) is 0 Å². The minimum Gasteiger partial charge on any atom is -0.356 e. The van der Waals surface area contributed by atoms with Gasteiger partial charge in [-0.2, -0.15) is 11.3 Å². The van der Waals surface area contributed by atoms with E-state index >= 15 is 0 Å². The normalized spacial score (nSPS) is 15.7. The van der Waals surface area contributed by atoms with Gasteiger partial charge >= 0.3 is 0 Å². The second-order valence-electron chi connectivity index (χ2n) is 5.70. The summed E-state index contributed by atoms with van der Waals surface area (Å²) in [4.78, 5) is 4.30. The molecule has 3 nitrogen and oxygen atoms in total. The molecule has 23 heavy (non-hydrogen) atoms. The zero-order valence-corrected chi connectivity index (χ0v) is 16.9. The van der Waals surface area contributed by atoms with E-state index in [0.717, 1.165) is 24.1 Å². The summed E-state index contributed by atoms with van der Waals surface area (Å²) >= 11 is 7.69. The van der Waals surface area contributed by atoms with E-state index in [2.05, 4.69) is 44.6 Å². The van der Waals surface area contributed by atoms with Crippen LogP contribution in [0.2, 0.25) is 5.02 Å². The molecule has 0 unspecified atom stereocenters. The Morgan fingerprint density at radius 2 is 1.96 bits per heavy atom. The second-order valence-corrected chi connectivity index (χ2v) is 6.91. The van der Waals surface area contributed by atoms with Crippen LogP contribution in [0.25, 0.3) is 0 Å². The summed E-state index contributed by atoms with van der Waals surface area (Å²) in [6.07, 6.45) is 2.42. The molecule has 1 aliphatic rings. The molecule has 3 rings (SSSR count). The molecule has 0 saturated heterocycles. The maximum atomic E-state index is 5.98. The summed E-state index contributed by atoms with van der Waals surface area (Å²) in [5.74, 6) is 0.853. The number of aliphatic imine (C=N–C) groups is 1. The van der Waals surface area contributed by atoms with E-state index in [1.807, 2.05) is 19.2 Å². The van der Waals surface area contributed by atoms with Crippen LogP contribution in [0, 0.1) is 0 Å². The Morgan fingerprint density at radius 1 is 1.22 bits per heavy atom. The first-order valence-corrected chi connectivity index (χ1v) is 8.76. The van der Waals surface area contributed by atoms with Crippen LogP contribution in [-0.4, -0.2) is 19.6 Å². The van der Waals surface area contributed by atoms with Crippen molar-refractivity contribution >= 4 is 52.9 Å². The number of halogens is 2. The molecule has 0 atom stereocenters. The van der Waals surface area contributed by atoms with Crippen LogP contribution < -0.4 is 10.6 Å². The predicted molar refractivity (Wildman–Crippen MR) is 110 cm³/mol. The average molecular weight is 462 g/mol. The number of hydrogen-bond donors (Lipinski definition) is 2. The molecule has 124 valence electrons. The molecule has 2 N–H and O–H groups in total. The van der Waals surface area contributed by atoms with Gasteiger partial charge < -0.3 is 10.6 Å². The highest BCUT2D eigenvalue weighted by molar-refractivity contribution is 14.0. The van der Waals surface area contributed by atoms with E-state index in [-0.39, 0.29) is 29.4 Å². The molecule has 0 bridgehead atoms. The maximum absolute atomic E-state index is 5.98. The SMILES string of the molecule is CN=C(NCc1ccsc1)NCC1(c2ccc(Cl)cc2)CC1.I. The van der Waals surface area contributed by atoms with Crippen molar-refractivity contribution in [2.45, 2.75) is 24.8 Å². The van der Waals surface area contributed by atoms with E-state index in [9.17, 15) is 0 Å². The molecular weight excluding hydrogens is 441 g/mol. The third-order valence-electron chi connectivity index (χ3n) is 4.17. The van der Waals surface area contributed by atoms with Crippen molar-refractivity contribution in [3.05, 3.63) is 57.2 Å². The van der Waals surface area contributed by atoms with E-state index < -0.39 is 0 Å². The van der Waals surface area contributed by atoms with Gasteiger partial charge in [-0.15, -0.1) is 24.0 Å². The molecule has 0 radical (unpaired) electrons. The van der Waals surface area contributed by atoms with Crippen molar-refractivity contribution in [3.8, 4) is 0 Å². The summed E-state index contributed by atoms with van der Waals surface area (Å²) in [7, 11) is 1.81. The highest BCUT2D eigenvalue weighted by atomic mass is 127. The summed E-state index contributed by atoms with van der Waals surface area (Å²) in [6.45, 7) is 1.70. The number of guanidine groups is 1. The number of thiophene rings is 1. The van der Waals surface area contributed by atoms with Crippen LogP contribution in [-0.2, 0) is 12.0 Å². The number of nitrogens with one attached hydrogen (secondary N) is 2. The molecule has 0 aliphatic heterocycles. The van der Waals surface area contributed by atoms with E-state index in [0.29, 0.717) is 0 Å². The molecule has 1 aliphatic carbocycles. The Labute approximate surface area is 163 Å².